The van der Waals surface area contributed by atoms with Crippen molar-refractivity contribution in [3.8, 4) is 0 Å². The van der Waals surface area contributed by atoms with Crippen molar-refractivity contribution in [3.63, 3.8) is 0 Å². The highest BCUT2D eigenvalue weighted by molar-refractivity contribution is 7.89. The second-order valence-electron chi connectivity index (χ2n) is 7.79. The Kier molecular flexibility index (Phi) is 4.82. The monoisotopic (exact) mass is 412 g/mol. The summed E-state index contributed by atoms with van der Waals surface area (Å²) >= 11 is 0. The van der Waals surface area contributed by atoms with Crippen LogP contribution in [0.4, 0.5) is 0 Å². The van der Waals surface area contributed by atoms with Gasteiger partial charge in [0.2, 0.25) is 10.0 Å². The summed E-state index contributed by atoms with van der Waals surface area (Å²) in [7, 11) is -3.76. The molecule has 1 unspecified atom stereocenters. The van der Waals surface area contributed by atoms with Gasteiger partial charge in [-0.2, -0.15) is 3.97 Å². The van der Waals surface area contributed by atoms with Gasteiger partial charge in [0.1, 0.15) is 5.82 Å². The third-order valence-corrected chi connectivity index (χ3v) is 6.14. The zero-order valence-corrected chi connectivity index (χ0v) is 17.5. The quantitative estimate of drug-likeness (QED) is 0.525. The average molecular weight is 413 g/mol. The number of benzene rings is 2. The van der Waals surface area contributed by atoms with Gasteiger partial charge in [0, 0.05) is 0 Å². The zero-order valence-electron chi connectivity index (χ0n) is 16.7. The average Bonchev–Trinajstić information content (AvgIpc) is 3.20. The third kappa shape index (κ3) is 3.48. The molecule has 152 valence electrons. The van der Waals surface area contributed by atoms with Gasteiger partial charge in [-0.1, -0.05) is 38.1 Å². The summed E-state index contributed by atoms with van der Waals surface area (Å²) in [6.45, 7) is 4.25. The maximum atomic E-state index is 13.3. The minimum Gasteiger partial charge on any atom is -0.340 e. The number of H-pyrrole nitrogens is 1. The van der Waals surface area contributed by atoms with Crippen LogP contribution in [-0.2, 0) is 10.0 Å². The van der Waals surface area contributed by atoms with Gasteiger partial charge in [-0.15, -0.1) is 0 Å². The fourth-order valence-corrected chi connectivity index (χ4v) is 4.66. The molecule has 4 aromatic rings. The molecule has 0 spiro atoms. The van der Waals surface area contributed by atoms with E-state index in [2.05, 4.69) is 18.8 Å². The fraction of sp³-hybridized carbons (Fsp3) is 0.333. The van der Waals surface area contributed by atoms with Crippen LogP contribution in [0.5, 0.6) is 0 Å². The van der Waals surface area contributed by atoms with E-state index < -0.39 is 21.8 Å². The second kappa shape index (κ2) is 7.18. The maximum Gasteiger partial charge on any atom is 0.343 e. The topological polar surface area (TPSA) is 89.8 Å². The number of para-hydroxylation sites is 4. The van der Waals surface area contributed by atoms with E-state index in [0.29, 0.717) is 29.2 Å². The van der Waals surface area contributed by atoms with Gasteiger partial charge >= 0.3 is 5.69 Å². The molecule has 0 saturated carbocycles. The molecule has 0 amide bonds. The van der Waals surface area contributed by atoms with Crippen molar-refractivity contribution in [2.45, 2.75) is 32.7 Å². The molecule has 0 aliphatic carbocycles. The molecule has 2 aromatic carbocycles. The van der Waals surface area contributed by atoms with Crippen LogP contribution in [0.15, 0.2) is 53.3 Å². The zero-order chi connectivity index (χ0) is 20.8. The van der Waals surface area contributed by atoms with Crippen molar-refractivity contribution in [1.29, 1.82) is 0 Å². The number of fused-ring (bicyclic) bond motifs is 2. The van der Waals surface area contributed by atoms with Crippen molar-refractivity contribution < 1.29 is 8.42 Å². The minimum absolute atomic E-state index is 0.380. The molecule has 0 radical (unpaired) electrons. The Labute approximate surface area is 169 Å². The minimum atomic E-state index is -3.76. The van der Waals surface area contributed by atoms with Crippen LogP contribution in [0, 0.1) is 5.92 Å². The van der Waals surface area contributed by atoms with Crippen LogP contribution in [0.1, 0.15) is 38.6 Å². The van der Waals surface area contributed by atoms with Gasteiger partial charge in [0.15, 0.2) is 0 Å². The summed E-state index contributed by atoms with van der Waals surface area (Å²) < 4.78 is 27.2. The van der Waals surface area contributed by atoms with Crippen LogP contribution < -0.4 is 5.69 Å². The van der Waals surface area contributed by atoms with E-state index in [4.69, 9.17) is 4.98 Å². The van der Waals surface area contributed by atoms with Gasteiger partial charge in [0.05, 0.1) is 34.4 Å². The molecule has 1 N–H and O–H groups in total. The summed E-state index contributed by atoms with van der Waals surface area (Å²) in [6, 6.07) is 14.3. The van der Waals surface area contributed by atoms with E-state index in [1.807, 2.05) is 30.3 Å². The standard InChI is InChI=1S/C21H24N4O3S/c1-14(2)12-13-19(20-22-15-8-4-5-9-16(15)23-20)24-17-10-6-7-11-18(17)25(21(24)26)29(3,27)28/h4-11,14,19H,12-13H2,1-3H3,(H,22,23). The number of aromatic amines is 1. The number of hydrogen-bond acceptors (Lipinski definition) is 4. The molecule has 0 saturated heterocycles. The predicted molar refractivity (Wildman–Crippen MR) is 115 cm³/mol. The highest BCUT2D eigenvalue weighted by atomic mass is 32.2. The summed E-state index contributed by atoms with van der Waals surface area (Å²) in [5.74, 6) is 1.09. The lowest BCUT2D eigenvalue weighted by Gasteiger charge is -2.18. The Bertz CT molecular complexity index is 1310. The summed E-state index contributed by atoms with van der Waals surface area (Å²) in [5, 5.41) is 0. The molecule has 4 rings (SSSR count). The van der Waals surface area contributed by atoms with Crippen LogP contribution in [-0.4, -0.2) is 33.2 Å². The molecular weight excluding hydrogens is 388 g/mol. The maximum absolute atomic E-state index is 13.3. The molecule has 2 heterocycles. The van der Waals surface area contributed by atoms with E-state index in [9.17, 15) is 13.2 Å². The molecule has 0 aliphatic rings. The number of hydrogen-bond donors (Lipinski definition) is 1. The SMILES string of the molecule is CC(C)CCC(c1nc2ccccc2[nH]1)n1c(=O)n(S(C)(=O)=O)c2ccccc21. The van der Waals surface area contributed by atoms with E-state index in [1.54, 1.807) is 22.8 Å². The Balaban J connectivity index is 1.99. The van der Waals surface area contributed by atoms with Crippen molar-refractivity contribution in [2.75, 3.05) is 6.26 Å². The smallest absolute Gasteiger partial charge is 0.340 e. The number of imidazole rings is 2. The first-order chi connectivity index (χ1) is 13.8. The van der Waals surface area contributed by atoms with Gasteiger partial charge in [0.25, 0.3) is 0 Å². The molecule has 1 atom stereocenters. The highest BCUT2D eigenvalue weighted by Gasteiger charge is 2.27. The third-order valence-electron chi connectivity index (χ3n) is 5.12. The fourth-order valence-electron chi connectivity index (χ4n) is 3.77. The van der Waals surface area contributed by atoms with E-state index in [1.165, 1.54) is 0 Å². The molecule has 29 heavy (non-hydrogen) atoms. The van der Waals surface area contributed by atoms with E-state index >= 15 is 0 Å². The van der Waals surface area contributed by atoms with Crippen molar-refractivity contribution in [2.24, 2.45) is 5.92 Å². The van der Waals surface area contributed by atoms with Crippen molar-refractivity contribution in [1.82, 2.24) is 18.5 Å². The van der Waals surface area contributed by atoms with Gasteiger partial charge in [-0.25, -0.2) is 18.2 Å². The van der Waals surface area contributed by atoms with Gasteiger partial charge in [-0.05, 0) is 43.0 Å². The van der Waals surface area contributed by atoms with Crippen LogP contribution in [0.3, 0.4) is 0 Å². The number of nitrogens with one attached hydrogen (secondary N) is 1. The molecule has 8 heteroatoms. The molecule has 2 aromatic heterocycles. The van der Waals surface area contributed by atoms with Crippen molar-refractivity contribution in [3.05, 3.63) is 64.8 Å². The summed E-state index contributed by atoms with van der Waals surface area (Å²) in [4.78, 5) is 21.4. The normalized spacial score (nSPS) is 13.5. The lowest BCUT2D eigenvalue weighted by molar-refractivity contribution is 0.446. The number of nitrogens with zero attached hydrogens (tertiary/aromatic N) is 3. The molecular formula is C21H24N4O3S. The first-order valence-corrected chi connectivity index (χ1v) is 11.5. The van der Waals surface area contributed by atoms with Crippen molar-refractivity contribution >= 4 is 32.1 Å². The van der Waals surface area contributed by atoms with Crippen LogP contribution in [0.2, 0.25) is 0 Å². The van der Waals surface area contributed by atoms with E-state index in [-0.39, 0.29) is 0 Å². The van der Waals surface area contributed by atoms with Crippen LogP contribution in [0.25, 0.3) is 22.1 Å². The van der Waals surface area contributed by atoms with Crippen LogP contribution >= 0.6 is 0 Å². The molecule has 7 nitrogen and oxygen atoms in total. The Morgan fingerprint density at radius 3 is 2.31 bits per heavy atom. The Hall–Kier alpha value is -2.87. The largest absolute Gasteiger partial charge is 0.343 e. The summed E-state index contributed by atoms with van der Waals surface area (Å²) in [6.07, 6.45) is 2.58. The Morgan fingerprint density at radius 1 is 1.00 bits per heavy atom. The molecule has 0 aliphatic heterocycles. The van der Waals surface area contributed by atoms with Gasteiger partial charge in [-0.3, -0.25) is 4.57 Å². The molecule has 0 fully saturated rings. The van der Waals surface area contributed by atoms with E-state index in [0.717, 1.165) is 27.7 Å². The van der Waals surface area contributed by atoms with Gasteiger partial charge < -0.3 is 4.98 Å². The second-order valence-corrected chi connectivity index (χ2v) is 9.63. The lowest BCUT2D eigenvalue weighted by Crippen LogP contribution is -2.32. The lowest BCUT2D eigenvalue weighted by atomic mass is 10.0. The first kappa shape index (κ1) is 19.4. The first-order valence-electron chi connectivity index (χ1n) is 9.64. The predicted octanol–water partition coefficient (Wildman–Crippen LogP) is 3.51. The summed E-state index contributed by atoms with van der Waals surface area (Å²) in [5.41, 5.74) is 2.10. The Morgan fingerprint density at radius 2 is 1.66 bits per heavy atom. The number of aromatic nitrogens is 4. The molecule has 0 bridgehead atoms. The highest BCUT2D eigenvalue weighted by Crippen LogP contribution is 2.28. The number of rotatable bonds is 6.